The molecule has 1 saturated heterocycles. The van der Waals surface area contributed by atoms with Crippen LogP contribution in [0.3, 0.4) is 0 Å². The van der Waals surface area contributed by atoms with Gasteiger partial charge in [-0.3, -0.25) is 14.4 Å². The summed E-state index contributed by atoms with van der Waals surface area (Å²) >= 11 is 0. The van der Waals surface area contributed by atoms with Gasteiger partial charge in [0.25, 0.3) is 5.91 Å². The third kappa shape index (κ3) is 4.87. The van der Waals surface area contributed by atoms with Gasteiger partial charge in [-0.15, -0.1) is 0 Å². The second-order valence-electron chi connectivity index (χ2n) is 5.96. The van der Waals surface area contributed by atoms with Crippen LogP contribution in [-0.4, -0.2) is 74.5 Å². The van der Waals surface area contributed by atoms with Crippen LogP contribution in [0.4, 0.5) is 0 Å². The van der Waals surface area contributed by atoms with Gasteiger partial charge < -0.3 is 24.6 Å². The molecule has 1 fully saturated rings. The summed E-state index contributed by atoms with van der Waals surface area (Å²) in [6.45, 7) is 3.95. The molecule has 0 aromatic heterocycles. The summed E-state index contributed by atoms with van der Waals surface area (Å²) in [5.74, 6) is 0.740. The van der Waals surface area contributed by atoms with Gasteiger partial charge in [0.15, 0.2) is 11.5 Å². The highest BCUT2D eigenvalue weighted by Crippen LogP contribution is 2.27. The molecule has 3 amide bonds. The lowest BCUT2D eigenvalue weighted by Gasteiger charge is -2.34. The lowest BCUT2D eigenvalue weighted by atomic mass is 10.2. The third-order valence-electron chi connectivity index (χ3n) is 4.35. The van der Waals surface area contributed by atoms with Gasteiger partial charge in [-0.05, 0) is 18.2 Å². The van der Waals surface area contributed by atoms with Crippen molar-refractivity contribution in [1.29, 1.82) is 0 Å². The molecule has 0 radical (unpaired) electrons. The normalized spacial score (nSPS) is 14.0. The van der Waals surface area contributed by atoms with Crippen LogP contribution in [0.15, 0.2) is 18.2 Å². The summed E-state index contributed by atoms with van der Waals surface area (Å²) in [6.07, 6.45) is 0.221. The first-order chi connectivity index (χ1) is 12.5. The topological polar surface area (TPSA) is 88.2 Å². The molecule has 0 spiro atoms. The zero-order valence-corrected chi connectivity index (χ0v) is 15.4. The summed E-state index contributed by atoms with van der Waals surface area (Å²) in [4.78, 5) is 39.2. The molecule has 0 atom stereocenters. The van der Waals surface area contributed by atoms with Crippen molar-refractivity contribution in [2.24, 2.45) is 0 Å². The van der Waals surface area contributed by atoms with Crippen LogP contribution in [0.5, 0.6) is 11.5 Å². The predicted molar refractivity (Wildman–Crippen MR) is 95.3 cm³/mol. The van der Waals surface area contributed by atoms with Crippen LogP contribution >= 0.6 is 0 Å². The molecule has 1 aliphatic heterocycles. The number of piperazine rings is 1. The van der Waals surface area contributed by atoms with Crippen molar-refractivity contribution in [3.05, 3.63) is 23.8 Å². The fourth-order valence-electron chi connectivity index (χ4n) is 2.79. The van der Waals surface area contributed by atoms with E-state index in [9.17, 15) is 14.4 Å². The van der Waals surface area contributed by atoms with Gasteiger partial charge in [0.05, 0.1) is 14.2 Å². The Balaban J connectivity index is 1.79. The van der Waals surface area contributed by atoms with E-state index < -0.39 is 0 Å². The number of nitrogens with one attached hydrogen (secondary N) is 1. The number of hydrogen-bond acceptors (Lipinski definition) is 5. The van der Waals surface area contributed by atoms with Gasteiger partial charge in [0.2, 0.25) is 11.8 Å². The second kappa shape index (κ2) is 9.07. The number of benzene rings is 1. The Bertz CT molecular complexity index is 669. The van der Waals surface area contributed by atoms with Crippen molar-refractivity contribution in [3.8, 4) is 11.5 Å². The fraction of sp³-hybridized carbons (Fsp3) is 0.500. The molecule has 1 aromatic rings. The quantitative estimate of drug-likeness (QED) is 0.796. The number of methoxy groups -OCH3 is 2. The van der Waals surface area contributed by atoms with Gasteiger partial charge >= 0.3 is 0 Å². The Morgan fingerprint density at radius 3 is 2.19 bits per heavy atom. The molecule has 1 N–H and O–H groups in total. The van der Waals surface area contributed by atoms with E-state index in [1.807, 2.05) is 0 Å². The van der Waals surface area contributed by atoms with Crippen LogP contribution in [0, 0.1) is 0 Å². The number of carbonyl (C=O) groups excluding carboxylic acids is 3. The molecule has 0 unspecified atom stereocenters. The Morgan fingerprint density at radius 1 is 1.00 bits per heavy atom. The van der Waals surface area contributed by atoms with Crippen molar-refractivity contribution in [3.63, 3.8) is 0 Å². The maximum Gasteiger partial charge on any atom is 0.251 e. The average Bonchev–Trinajstić information content (AvgIpc) is 2.67. The zero-order valence-electron chi connectivity index (χ0n) is 15.4. The average molecular weight is 363 g/mol. The lowest BCUT2D eigenvalue weighted by molar-refractivity contribution is -0.138. The molecule has 2 rings (SSSR count). The van der Waals surface area contributed by atoms with Gasteiger partial charge in [-0.2, -0.15) is 0 Å². The molecular formula is C18H25N3O5. The minimum Gasteiger partial charge on any atom is -0.493 e. The van der Waals surface area contributed by atoms with E-state index in [0.717, 1.165) is 0 Å². The van der Waals surface area contributed by atoms with Crippen LogP contribution in [0.25, 0.3) is 0 Å². The molecule has 1 aliphatic rings. The van der Waals surface area contributed by atoms with Crippen molar-refractivity contribution in [2.45, 2.75) is 13.3 Å². The highest BCUT2D eigenvalue weighted by molar-refractivity contribution is 5.95. The Kier molecular flexibility index (Phi) is 6.82. The molecule has 142 valence electrons. The van der Waals surface area contributed by atoms with Crippen LogP contribution < -0.4 is 14.8 Å². The highest BCUT2D eigenvalue weighted by atomic mass is 16.5. The van der Waals surface area contributed by atoms with Crippen LogP contribution in [0.1, 0.15) is 23.7 Å². The van der Waals surface area contributed by atoms with Crippen molar-refractivity contribution in [1.82, 2.24) is 15.1 Å². The predicted octanol–water partition coefficient (Wildman–Crippen LogP) is 0.514. The number of nitrogens with zero attached hydrogens (tertiary/aromatic N) is 2. The monoisotopic (exact) mass is 363 g/mol. The zero-order chi connectivity index (χ0) is 19.1. The smallest absolute Gasteiger partial charge is 0.251 e. The maximum atomic E-state index is 12.2. The van der Waals surface area contributed by atoms with Crippen molar-refractivity contribution < 1.29 is 23.9 Å². The first-order valence-electron chi connectivity index (χ1n) is 8.49. The molecule has 0 saturated carbocycles. The molecule has 1 heterocycles. The largest absolute Gasteiger partial charge is 0.493 e. The number of amides is 3. The summed E-state index contributed by atoms with van der Waals surface area (Å²) in [6, 6.07) is 4.89. The highest BCUT2D eigenvalue weighted by Gasteiger charge is 2.22. The Labute approximate surface area is 153 Å². The van der Waals surface area contributed by atoms with Gasteiger partial charge in [0, 0.05) is 51.6 Å². The van der Waals surface area contributed by atoms with Gasteiger partial charge in [0.1, 0.15) is 0 Å². The van der Waals surface area contributed by atoms with Crippen molar-refractivity contribution in [2.75, 3.05) is 46.9 Å². The second-order valence-corrected chi connectivity index (χ2v) is 5.96. The number of carbonyl (C=O) groups is 3. The lowest BCUT2D eigenvalue weighted by Crippen LogP contribution is -2.50. The van der Waals surface area contributed by atoms with E-state index in [-0.39, 0.29) is 30.7 Å². The molecule has 1 aromatic carbocycles. The fourth-order valence-corrected chi connectivity index (χ4v) is 2.79. The van der Waals surface area contributed by atoms with E-state index in [1.165, 1.54) is 21.1 Å². The van der Waals surface area contributed by atoms with E-state index in [0.29, 0.717) is 43.2 Å². The first-order valence-corrected chi connectivity index (χ1v) is 8.49. The minimum absolute atomic E-state index is 0.0270. The first kappa shape index (κ1) is 19.6. The van der Waals surface area contributed by atoms with Crippen molar-refractivity contribution >= 4 is 17.7 Å². The summed E-state index contributed by atoms with van der Waals surface area (Å²) in [5, 5.41) is 2.74. The molecule has 26 heavy (non-hydrogen) atoms. The Hall–Kier alpha value is -2.77. The van der Waals surface area contributed by atoms with Gasteiger partial charge in [-0.25, -0.2) is 0 Å². The van der Waals surface area contributed by atoms with E-state index in [1.54, 1.807) is 28.0 Å². The molecule has 0 bridgehead atoms. The molecule has 8 heteroatoms. The van der Waals surface area contributed by atoms with E-state index in [2.05, 4.69) is 5.32 Å². The maximum absolute atomic E-state index is 12.2. The van der Waals surface area contributed by atoms with Crippen LogP contribution in [-0.2, 0) is 9.59 Å². The standard InChI is InChI=1S/C18H25N3O5/c1-13(22)20-8-10-21(11-9-20)17(23)6-7-19-18(24)14-4-5-15(25-2)16(12-14)26-3/h4-5,12H,6-11H2,1-3H3,(H,19,24). The molecule has 0 aliphatic carbocycles. The van der Waals surface area contributed by atoms with Gasteiger partial charge in [-0.1, -0.05) is 0 Å². The minimum atomic E-state index is -0.278. The number of hydrogen-bond donors (Lipinski definition) is 1. The van der Waals surface area contributed by atoms with E-state index in [4.69, 9.17) is 9.47 Å². The summed E-state index contributed by atoms with van der Waals surface area (Å²) in [5.41, 5.74) is 0.435. The van der Waals surface area contributed by atoms with Crippen LogP contribution in [0.2, 0.25) is 0 Å². The number of ether oxygens (including phenoxy) is 2. The third-order valence-corrected chi connectivity index (χ3v) is 4.35. The summed E-state index contributed by atoms with van der Waals surface area (Å²) in [7, 11) is 3.03. The summed E-state index contributed by atoms with van der Waals surface area (Å²) < 4.78 is 10.3. The molecule has 8 nitrogen and oxygen atoms in total. The van der Waals surface area contributed by atoms with E-state index >= 15 is 0 Å². The Morgan fingerprint density at radius 2 is 1.62 bits per heavy atom. The SMILES string of the molecule is COc1ccc(C(=O)NCCC(=O)N2CCN(C(C)=O)CC2)cc1OC. The number of rotatable bonds is 6. The molecular weight excluding hydrogens is 338 g/mol.